The Morgan fingerprint density at radius 3 is 3.04 bits per heavy atom. The standard InChI is InChI=1S/C15H17N3O3S2/c1-20-14(19)12-9-17(7-8-23-12)10-18-15(22)21-13(16-18)11-5-3-2-4-6-11/h2-6,12H,7-10H2,1H3/p+1/t12-/m1/s1. The van der Waals surface area contributed by atoms with Crippen molar-refractivity contribution < 1.29 is 18.8 Å². The summed E-state index contributed by atoms with van der Waals surface area (Å²) in [4.78, 5) is 13.3. The maximum absolute atomic E-state index is 11.7. The van der Waals surface area contributed by atoms with Crippen LogP contribution in [0.2, 0.25) is 0 Å². The van der Waals surface area contributed by atoms with Crippen LogP contribution in [-0.2, 0) is 16.2 Å². The van der Waals surface area contributed by atoms with E-state index < -0.39 is 0 Å². The van der Waals surface area contributed by atoms with Crippen molar-refractivity contribution in [3.05, 3.63) is 35.2 Å². The van der Waals surface area contributed by atoms with E-state index in [4.69, 9.17) is 21.4 Å². The van der Waals surface area contributed by atoms with E-state index in [0.717, 1.165) is 17.9 Å². The van der Waals surface area contributed by atoms with Crippen LogP contribution in [0.4, 0.5) is 0 Å². The number of hydrogen-bond acceptors (Lipinski definition) is 6. The van der Waals surface area contributed by atoms with Gasteiger partial charge >= 0.3 is 5.97 Å². The van der Waals surface area contributed by atoms with Gasteiger partial charge in [0.2, 0.25) is 5.89 Å². The molecule has 0 spiro atoms. The zero-order chi connectivity index (χ0) is 16.2. The molecule has 1 aliphatic rings. The molecule has 0 bridgehead atoms. The first-order valence-electron chi connectivity index (χ1n) is 7.33. The van der Waals surface area contributed by atoms with Crippen molar-refractivity contribution in [2.24, 2.45) is 0 Å². The molecular weight excluding hydrogens is 334 g/mol. The molecule has 0 amide bonds. The van der Waals surface area contributed by atoms with Crippen LogP contribution in [0.3, 0.4) is 0 Å². The van der Waals surface area contributed by atoms with Gasteiger partial charge in [0, 0.05) is 11.3 Å². The number of methoxy groups -OCH3 is 1. The molecule has 8 heteroatoms. The summed E-state index contributed by atoms with van der Waals surface area (Å²) in [6.07, 6.45) is 0. The van der Waals surface area contributed by atoms with Gasteiger partial charge in [0.05, 0.1) is 13.7 Å². The SMILES string of the molecule is COC(=O)[C@H]1C[NH+](Cn2nc(-c3ccccc3)oc2=S)CCS1. The summed E-state index contributed by atoms with van der Waals surface area (Å²) in [5, 5.41) is 4.34. The Labute approximate surface area is 143 Å². The summed E-state index contributed by atoms with van der Waals surface area (Å²) in [7, 11) is 1.43. The Hall–Kier alpha value is -1.64. The number of esters is 1. The second kappa shape index (κ2) is 7.29. The number of thioether (sulfide) groups is 1. The lowest BCUT2D eigenvalue weighted by atomic mass is 10.2. The minimum atomic E-state index is -0.166. The number of hydrogen-bond donors (Lipinski definition) is 1. The third-order valence-corrected chi connectivity index (χ3v) is 5.21. The maximum atomic E-state index is 11.7. The van der Waals surface area contributed by atoms with Gasteiger partial charge in [0.15, 0.2) is 11.9 Å². The van der Waals surface area contributed by atoms with E-state index in [2.05, 4.69) is 5.10 Å². The van der Waals surface area contributed by atoms with Gasteiger partial charge in [-0.3, -0.25) is 4.79 Å². The molecule has 122 valence electrons. The van der Waals surface area contributed by atoms with E-state index in [0.29, 0.717) is 23.9 Å². The molecule has 1 N–H and O–H groups in total. The van der Waals surface area contributed by atoms with Crippen LogP contribution in [0.1, 0.15) is 0 Å². The molecule has 2 aromatic rings. The molecule has 1 unspecified atom stereocenters. The number of rotatable bonds is 4. The maximum Gasteiger partial charge on any atom is 0.324 e. The Morgan fingerprint density at radius 2 is 2.30 bits per heavy atom. The first-order valence-corrected chi connectivity index (χ1v) is 8.79. The first kappa shape index (κ1) is 16.2. The molecule has 0 radical (unpaired) electrons. The van der Waals surface area contributed by atoms with Crippen molar-refractivity contribution in [1.82, 2.24) is 9.78 Å². The van der Waals surface area contributed by atoms with E-state index in [1.165, 1.54) is 12.0 Å². The van der Waals surface area contributed by atoms with E-state index in [1.807, 2.05) is 30.3 Å². The summed E-state index contributed by atoms with van der Waals surface area (Å²) >= 11 is 6.91. The van der Waals surface area contributed by atoms with Crippen LogP contribution < -0.4 is 4.90 Å². The van der Waals surface area contributed by atoms with E-state index in [-0.39, 0.29) is 11.2 Å². The van der Waals surface area contributed by atoms with E-state index >= 15 is 0 Å². The van der Waals surface area contributed by atoms with Gasteiger partial charge in [0.1, 0.15) is 6.54 Å². The normalized spacial score (nSPS) is 21.1. The highest BCUT2D eigenvalue weighted by atomic mass is 32.2. The van der Waals surface area contributed by atoms with Gasteiger partial charge in [-0.1, -0.05) is 18.2 Å². The first-order chi connectivity index (χ1) is 11.2. The molecule has 0 saturated carbocycles. The Balaban J connectivity index is 1.72. The third-order valence-electron chi connectivity index (χ3n) is 3.71. The number of nitrogens with zero attached hydrogens (tertiary/aromatic N) is 2. The Bertz CT molecular complexity index is 729. The predicted octanol–water partition coefficient (Wildman–Crippen LogP) is 1.00. The number of nitrogens with one attached hydrogen (secondary N) is 1. The second-order valence-corrected chi connectivity index (χ2v) is 6.94. The van der Waals surface area contributed by atoms with Crippen molar-refractivity contribution in [3.8, 4) is 11.5 Å². The topological polar surface area (TPSA) is 61.7 Å². The molecule has 0 aliphatic carbocycles. The van der Waals surface area contributed by atoms with Gasteiger partial charge in [0.25, 0.3) is 4.84 Å². The molecule has 2 atom stereocenters. The van der Waals surface area contributed by atoms with Crippen molar-refractivity contribution in [1.29, 1.82) is 0 Å². The summed E-state index contributed by atoms with van der Waals surface area (Å²) in [5.41, 5.74) is 0.897. The predicted molar refractivity (Wildman–Crippen MR) is 89.7 cm³/mol. The highest BCUT2D eigenvalue weighted by molar-refractivity contribution is 8.00. The molecular formula is C15H18N3O3S2+. The van der Waals surface area contributed by atoms with Crippen LogP contribution in [0.15, 0.2) is 34.7 Å². The van der Waals surface area contributed by atoms with Gasteiger partial charge in [-0.15, -0.1) is 16.9 Å². The van der Waals surface area contributed by atoms with Crippen molar-refractivity contribution in [2.75, 3.05) is 26.0 Å². The fourth-order valence-electron chi connectivity index (χ4n) is 2.51. The van der Waals surface area contributed by atoms with E-state index in [1.54, 1.807) is 16.4 Å². The summed E-state index contributed by atoms with van der Waals surface area (Å²) in [5.74, 6) is 1.26. The average molecular weight is 352 g/mol. The summed E-state index contributed by atoms with van der Waals surface area (Å²) in [6, 6.07) is 9.67. The fourth-order valence-corrected chi connectivity index (χ4v) is 3.97. The number of carbonyl (C=O) groups is 1. The minimum absolute atomic E-state index is 0.126. The molecule has 1 saturated heterocycles. The lowest BCUT2D eigenvalue weighted by Gasteiger charge is -2.27. The number of quaternary nitrogens is 1. The monoisotopic (exact) mass is 352 g/mol. The molecule has 6 nitrogen and oxygen atoms in total. The summed E-state index contributed by atoms with van der Waals surface area (Å²) < 4.78 is 12.1. The molecule has 1 aliphatic heterocycles. The fraction of sp³-hybridized carbons (Fsp3) is 0.400. The zero-order valence-corrected chi connectivity index (χ0v) is 14.4. The highest BCUT2D eigenvalue weighted by Crippen LogP contribution is 2.17. The number of ether oxygens (including phenoxy) is 1. The van der Waals surface area contributed by atoms with Crippen molar-refractivity contribution in [3.63, 3.8) is 0 Å². The lowest BCUT2D eigenvalue weighted by Crippen LogP contribution is -3.14. The van der Waals surface area contributed by atoms with Gasteiger partial charge in [-0.05, 0) is 24.4 Å². The molecule has 1 aromatic carbocycles. The van der Waals surface area contributed by atoms with Crippen LogP contribution in [-0.4, -0.2) is 47.0 Å². The Morgan fingerprint density at radius 1 is 1.52 bits per heavy atom. The minimum Gasteiger partial charge on any atom is -0.468 e. The van der Waals surface area contributed by atoms with Crippen LogP contribution >= 0.6 is 24.0 Å². The van der Waals surface area contributed by atoms with Gasteiger partial charge in [-0.25, -0.2) is 0 Å². The average Bonchev–Trinajstić information content (AvgIpc) is 2.96. The van der Waals surface area contributed by atoms with Crippen LogP contribution in [0.5, 0.6) is 0 Å². The largest absolute Gasteiger partial charge is 0.468 e. The third kappa shape index (κ3) is 3.82. The number of carbonyl (C=O) groups excluding carboxylic acids is 1. The summed E-state index contributed by atoms with van der Waals surface area (Å²) in [6.45, 7) is 2.24. The van der Waals surface area contributed by atoms with E-state index in [9.17, 15) is 4.79 Å². The Kier molecular flexibility index (Phi) is 5.14. The molecule has 2 heterocycles. The molecule has 23 heavy (non-hydrogen) atoms. The second-order valence-electron chi connectivity index (χ2n) is 5.28. The zero-order valence-electron chi connectivity index (χ0n) is 12.7. The highest BCUT2D eigenvalue weighted by Gasteiger charge is 2.30. The lowest BCUT2D eigenvalue weighted by molar-refractivity contribution is -0.921. The number of benzene rings is 1. The van der Waals surface area contributed by atoms with Gasteiger partial charge in [-0.2, -0.15) is 4.68 Å². The van der Waals surface area contributed by atoms with Crippen LogP contribution in [0.25, 0.3) is 11.5 Å². The molecule has 1 fully saturated rings. The van der Waals surface area contributed by atoms with Crippen LogP contribution in [0, 0.1) is 4.84 Å². The number of aromatic nitrogens is 2. The molecule has 1 aromatic heterocycles. The quantitative estimate of drug-likeness (QED) is 0.654. The van der Waals surface area contributed by atoms with Crippen molar-refractivity contribution in [2.45, 2.75) is 11.9 Å². The molecule has 3 rings (SSSR count). The van der Waals surface area contributed by atoms with Crippen molar-refractivity contribution >= 4 is 29.9 Å². The smallest absolute Gasteiger partial charge is 0.324 e. The van der Waals surface area contributed by atoms with Gasteiger partial charge < -0.3 is 14.1 Å².